The maximum atomic E-state index is 12.6. The van der Waals surface area contributed by atoms with Crippen LogP contribution in [0, 0.1) is 5.92 Å². The Morgan fingerprint density at radius 3 is 2.64 bits per heavy atom. The van der Waals surface area contributed by atoms with Gasteiger partial charge >= 0.3 is 0 Å². The summed E-state index contributed by atoms with van der Waals surface area (Å²) in [6.07, 6.45) is 5.51. The molecule has 1 aliphatic carbocycles. The highest BCUT2D eigenvalue weighted by Crippen LogP contribution is 2.22. The first-order valence-electron chi connectivity index (χ1n) is 8.54. The molecule has 0 bridgehead atoms. The van der Waals surface area contributed by atoms with Crippen LogP contribution in [0.3, 0.4) is 0 Å². The summed E-state index contributed by atoms with van der Waals surface area (Å²) in [6.45, 7) is 6.30. The van der Waals surface area contributed by atoms with Gasteiger partial charge in [0.1, 0.15) is 0 Å². The van der Waals surface area contributed by atoms with Crippen LogP contribution >= 0.6 is 11.6 Å². The summed E-state index contributed by atoms with van der Waals surface area (Å²) >= 11 is 5.99. The van der Waals surface area contributed by atoms with Crippen LogP contribution in [0.15, 0.2) is 24.3 Å². The molecule has 22 heavy (non-hydrogen) atoms. The molecule has 0 radical (unpaired) electrons. The zero-order valence-electron chi connectivity index (χ0n) is 13.4. The molecule has 1 saturated heterocycles. The average Bonchev–Trinajstić information content (AvgIpc) is 2.55. The lowest BCUT2D eigenvalue weighted by Gasteiger charge is -2.40. The number of nitrogens with zero attached hydrogens (tertiary/aromatic N) is 1. The second-order valence-electron chi connectivity index (χ2n) is 6.83. The Morgan fingerprint density at radius 1 is 1.23 bits per heavy atom. The molecule has 3 rings (SSSR count). The first-order valence-corrected chi connectivity index (χ1v) is 8.92. The van der Waals surface area contributed by atoms with Gasteiger partial charge in [-0.25, -0.2) is 0 Å². The van der Waals surface area contributed by atoms with Gasteiger partial charge in [0.2, 0.25) is 0 Å². The van der Waals surface area contributed by atoms with Gasteiger partial charge in [-0.05, 0) is 37.5 Å². The SMILES string of the molecule is C[C@@H]1CCCC[C@H]1[NH+]1CCN(C(=O)c2cccc(Cl)c2)CC1. The van der Waals surface area contributed by atoms with Gasteiger partial charge in [0.25, 0.3) is 5.91 Å². The van der Waals surface area contributed by atoms with E-state index in [1.807, 2.05) is 23.1 Å². The topological polar surface area (TPSA) is 24.8 Å². The molecule has 0 aromatic heterocycles. The molecule has 1 aromatic carbocycles. The maximum absolute atomic E-state index is 12.6. The monoisotopic (exact) mass is 321 g/mol. The number of carbonyl (C=O) groups excluding carboxylic acids is 1. The molecule has 120 valence electrons. The highest BCUT2D eigenvalue weighted by molar-refractivity contribution is 6.30. The first-order chi connectivity index (χ1) is 10.6. The third-order valence-electron chi connectivity index (χ3n) is 5.40. The summed E-state index contributed by atoms with van der Waals surface area (Å²) < 4.78 is 0. The van der Waals surface area contributed by atoms with Crippen LogP contribution in [0.25, 0.3) is 0 Å². The molecule has 0 unspecified atom stereocenters. The number of carbonyl (C=O) groups is 1. The second kappa shape index (κ2) is 7.01. The molecule has 2 atom stereocenters. The molecule has 0 spiro atoms. The number of piperazine rings is 1. The molecule has 1 saturated carbocycles. The van der Waals surface area contributed by atoms with Crippen molar-refractivity contribution in [3.63, 3.8) is 0 Å². The van der Waals surface area contributed by atoms with Crippen molar-refractivity contribution >= 4 is 17.5 Å². The van der Waals surface area contributed by atoms with Crippen molar-refractivity contribution < 1.29 is 9.69 Å². The lowest BCUT2D eigenvalue weighted by molar-refractivity contribution is -0.934. The van der Waals surface area contributed by atoms with Gasteiger partial charge in [0.05, 0.1) is 32.2 Å². The van der Waals surface area contributed by atoms with E-state index in [1.54, 1.807) is 11.0 Å². The summed E-state index contributed by atoms with van der Waals surface area (Å²) in [6, 6.07) is 8.09. The van der Waals surface area contributed by atoms with E-state index in [1.165, 1.54) is 25.7 Å². The number of hydrogen-bond acceptors (Lipinski definition) is 1. The van der Waals surface area contributed by atoms with Crippen molar-refractivity contribution in [2.24, 2.45) is 5.92 Å². The summed E-state index contributed by atoms with van der Waals surface area (Å²) in [5.41, 5.74) is 0.710. The Bertz CT molecular complexity index is 526. The van der Waals surface area contributed by atoms with E-state index in [0.717, 1.165) is 38.1 Å². The molecule has 3 nitrogen and oxygen atoms in total. The Labute approximate surface area is 138 Å². The fourth-order valence-corrected chi connectivity index (χ4v) is 4.28. The lowest BCUT2D eigenvalue weighted by atomic mass is 9.84. The lowest BCUT2D eigenvalue weighted by Crippen LogP contribution is -3.19. The van der Waals surface area contributed by atoms with E-state index in [2.05, 4.69) is 6.92 Å². The summed E-state index contributed by atoms with van der Waals surface area (Å²) in [5, 5.41) is 0.631. The van der Waals surface area contributed by atoms with E-state index < -0.39 is 0 Å². The van der Waals surface area contributed by atoms with Gasteiger partial charge in [-0.15, -0.1) is 0 Å². The van der Waals surface area contributed by atoms with Gasteiger partial charge in [-0.2, -0.15) is 0 Å². The predicted octanol–water partition coefficient (Wildman–Crippen LogP) is 2.26. The highest BCUT2D eigenvalue weighted by atomic mass is 35.5. The fourth-order valence-electron chi connectivity index (χ4n) is 4.09. The van der Waals surface area contributed by atoms with Crippen molar-refractivity contribution in [3.8, 4) is 0 Å². The van der Waals surface area contributed by atoms with Crippen molar-refractivity contribution in [2.75, 3.05) is 26.2 Å². The molecule has 1 N–H and O–H groups in total. The maximum Gasteiger partial charge on any atom is 0.254 e. The molecule has 4 heteroatoms. The number of nitrogens with one attached hydrogen (secondary N) is 1. The number of quaternary nitrogens is 1. The number of amides is 1. The van der Waals surface area contributed by atoms with Gasteiger partial charge in [0.15, 0.2) is 0 Å². The molecular formula is C18H26ClN2O+. The Balaban J connectivity index is 1.58. The van der Waals surface area contributed by atoms with Crippen LogP contribution in [0.1, 0.15) is 43.0 Å². The molecule has 2 fully saturated rings. The number of hydrogen-bond donors (Lipinski definition) is 1. The van der Waals surface area contributed by atoms with Crippen LogP contribution in [0.4, 0.5) is 0 Å². The quantitative estimate of drug-likeness (QED) is 0.888. The number of rotatable bonds is 2. The fraction of sp³-hybridized carbons (Fsp3) is 0.611. The zero-order valence-corrected chi connectivity index (χ0v) is 14.1. The molecular weight excluding hydrogens is 296 g/mol. The standard InChI is InChI=1S/C18H25ClN2O/c1-14-5-2-3-8-17(14)20-9-11-21(12-10-20)18(22)15-6-4-7-16(19)13-15/h4,6-7,13-14,17H,2-3,5,8-12H2,1H3/p+1/t14-,17-/m1/s1. The van der Waals surface area contributed by atoms with Crippen molar-refractivity contribution in [2.45, 2.75) is 38.6 Å². The molecule has 1 aliphatic heterocycles. The summed E-state index contributed by atoms with van der Waals surface area (Å²) in [7, 11) is 0. The Hall–Kier alpha value is -1.06. The predicted molar refractivity (Wildman–Crippen MR) is 89.5 cm³/mol. The van der Waals surface area contributed by atoms with E-state index in [9.17, 15) is 4.79 Å². The van der Waals surface area contributed by atoms with Crippen molar-refractivity contribution in [1.29, 1.82) is 0 Å². The van der Waals surface area contributed by atoms with Gasteiger partial charge in [-0.1, -0.05) is 31.0 Å². The van der Waals surface area contributed by atoms with Crippen LogP contribution < -0.4 is 4.90 Å². The minimum atomic E-state index is 0.123. The van der Waals surface area contributed by atoms with E-state index in [0.29, 0.717) is 10.6 Å². The number of benzene rings is 1. The summed E-state index contributed by atoms with van der Waals surface area (Å²) in [5.74, 6) is 0.956. The van der Waals surface area contributed by atoms with Crippen LogP contribution in [-0.2, 0) is 0 Å². The average molecular weight is 322 g/mol. The van der Waals surface area contributed by atoms with Crippen LogP contribution in [0.2, 0.25) is 5.02 Å². The second-order valence-corrected chi connectivity index (χ2v) is 7.27. The molecule has 1 amide bonds. The minimum Gasteiger partial charge on any atom is -0.329 e. The molecule has 1 heterocycles. The van der Waals surface area contributed by atoms with Gasteiger partial charge < -0.3 is 9.80 Å². The Kier molecular flexibility index (Phi) is 5.04. The van der Waals surface area contributed by atoms with Gasteiger partial charge in [-0.3, -0.25) is 4.79 Å². The van der Waals surface area contributed by atoms with Crippen LogP contribution in [0.5, 0.6) is 0 Å². The molecule has 1 aromatic rings. The Morgan fingerprint density at radius 2 is 1.95 bits per heavy atom. The minimum absolute atomic E-state index is 0.123. The van der Waals surface area contributed by atoms with Crippen molar-refractivity contribution in [3.05, 3.63) is 34.9 Å². The third-order valence-corrected chi connectivity index (χ3v) is 5.64. The molecule has 2 aliphatic rings. The van der Waals surface area contributed by atoms with Crippen LogP contribution in [-0.4, -0.2) is 43.0 Å². The largest absolute Gasteiger partial charge is 0.329 e. The van der Waals surface area contributed by atoms with E-state index >= 15 is 0 Å². The third kappa shape index (κ3) is 3.47. The smallest absolute Gasteiger partial charge is 0.254 e. The summed E-state index contributed by atoms with van der Waals surface area (Å²) in [4.78, 5) is 16.3. The zero-order chi connectivity index (χ0) is 15.5. The van der Waals surface area contributed by atoms with E-state index in [-0.39, 0.29) is 5.91 Å². The van der Waals surface area contributed by atoms with Gasteiger partial charge in [0, 0.05) is 16.5 Å². The highest BCUT2D eigenvalue weighted by Gasteiger charge is 2.34. The number of halogens is 1. The van der Waals surface area contributed by atoms with Crippen molar-refractivity contribution in [1.82, 2.24) is 4.90 Å². The van der Waals surface area contributed by atoms with E-state index in [4.69, 9.17) is 11.6 Å². The normalized spacial score (nSPS) is 26.9. The first kappa shape index (κ1) is 15.8.